The van der Waals surface area contributed by atoms with Crippen molar-refractivity contribution in [3.05, 3.63) is 70.5 Å². The lowest BCUT2D eigenvalue weighted by Gasteiger charge is -2.10. The Labute approximate surface area is 107 Å². The maximum absolute atomic E-state index is 12.8. The van der Waals surface area contributed by atoms with Crippen molar-refractivity contribution in [1.29, 1.82) is 0 Å². The van der Waals surface area contributed by atoms with E-state index in [1.807, 2.05) is 24.3 Å². The van der Waals surface area contributed by atoms with Crippen LogP contribution in [-0.2, 0) is 0 Å². The van der Waals surface area contributed by atoms with Gasteiger partial charge in [0.2, 0.25) is 0 Å². The summed E-state index contributed by atoms with van der Waals surface area (Å²) in [6.45, 7) is 0. The molecule has 2 aromatic carbocycles. The van der Waals surface area contributed by atoms with Gasteiger partial charge in [0.25, 0.3) is 0 Å². The van der Waals surface area contributed by atoms with Crippen LogP contribution in [0.4, 0.5) is 4.39 Å². The first-order valence-electron chi connectivity index (χ1n) is 4.82. The molecule has 0 spiro atoms. The van der Waals surface area contributed by atoms with Crippen LogP contribution in [-0.4, -0.2) is 0 Å². The zero-order valence-corrected chi connectivity index (χ0v) is 10.7. The van der Waals surface area contributed by atoms with Crippen LogP contribution in [0.1, 0.15) is 16.0 Å². The fourth-order valence-electron chi connectivity index (χ4n) is 1.46. The maximum atomic E-state index is 12.8. The van der Waals surface area contributed by atoms with E-state index in [4.69, 9.17) is 11.6 Å². The molecule has 0 saturated carbocycles. The highest BCUT2D eigenvalue weighted by atomic mass is 79.9. The Bertz CT molecular complexity index is 419. The van der Waals surface area contributed by atoms with Crippen LogP contribution in [0.3, 0.4) is 0 Å². The van der Waals surface area contributed by atoms with Crippen LogP contribution in [0.2, 0.25) is 5.02 Å². The molecule has 0 aliphatic rings. The van der Waals surface area contributed by atoms with Gasteiger partial charge >= 0.3 is 0 Å². The van der Waals surface area contributed by atoms with Crippen molar-refractivity contribution in [3.63, 3.8) is 0 Å². The molecular weight excluding hydrogens is 290 g/mol. The van der Waals surface area contributed by atoms with Crippen LogP contribution in [0.25, 0.3) is 0 Å². The third kappa shape index (κ3) is 2.63. The fourth-order valence-corrected chi connectivity index (χ4v) is 2.19. The van der Waals surface area contributed by atoms with Gasteiger partial charge in [-0.1, -0.05) is 51.8 Å². The van der Waals surface area contributed by atoms with Crippen LogP contribution in [0.15, 0.2) is 48.5 Å². The number of rotatable bonds is 2. The predicted molar refractivity (Wildman–Crippen MR) is 68.6 cm³/mol. The minimum atomic E-state index is -0.223. The van der Waals surface area contributed by atoms with E-state index in [2.05, 4.69) is 15.9 Å². The number of alkyl halides is 1. The fraction of sp³-hybridized carbons (Fsp3) is 0.0769. The molecule has 1 atom stereocenters. The highest BCUT2D eigenvalue weighted by Crippen LogP contribution is 2.31. The van der Waals surface area contributed by atoms with Gasteiger partial charge in [0, 0.05) is 5.02 Å². The summed E-state index contributed by atoms with van der Waals surface area (Å²) in [7, 11) is 0. The van der Waals surface area contributed by atoms with Gasteiger partial charge in [-0.2, -0.15) is 0 Å². The second kappa shape index (κ2) is 4.98. The Morgan fingerprint density at radius 3 is 1.81 bits per heavy atom. The monoisotopic (exact) mass is 298 g/mol. The molecule has 1 unspecified atom stereocenters. The van der Waals surface area contributed by atoms with E-state index in [0.717, 1.165) is 11.1 Å². The van der Waals surface area contributed by atoms with Crippen LogP contribution >= 0.6 is 27.5 Å². The Kier molecular flexibility index (Phi) is 3.62. The minimum absolute atomic E-state index is 0.0605. The van der Waals surface area contributed by atoms with Crippen molar-refractivity contribution in [2.45, 2.75) is 4.83 Å². The summed E-state index contributed by atoms with van der Waals surface area (Å²) in [6, 6.07) is 14.0. The highest BCUT2D eigenvalue weighted by Gasteiger charge is 2.09. The standard InChI is InChI=1S/C13H9BrClF/c14-13(9-1-5-11(15)6-2-9)10-3-7-12(16)8-4-10/h1-8,13H. The molecule has 0 amide bonds. The molecule has 0 aliphatic heterocycles. The van der Waals surface area contributed by atoms with Crippen molar-refractivity contribution in [2.24, 2.45) is 0 Å². The molecule has 2 aromatic rings. The molecule has 0 bridgehead atoms. The summed E-state index contributed by atoms with van der Waals surface area (Å²) < 4.78 is 12.8. The van der Waals surface area contributed by atoms with Gasteiger partial charge in [0.1, 0.15) is 5.82 Å². The third-order valence-corrected chi connectivity index (χ3v) is 3.63. The average Bonchev–Trinajstić information content (AvgIpc) is 2.30. The summed E-state index contributed by atoms with van der Waals surface area (Å²) in [6.07, 6.45) is 0. The molecule has 0 aromatic heterocycles. The van der Waals surface area contributed by atoms with Gasteiger partial charge in [0.15, 0.2) is 0 Å². The molecule has 0 nitrogen and oxygen atoms in total. The summed E-state index contributed by atoms with van der Waals surface area (Å²) in [5.41, 5.74) is 2.11. The topological polar surface area (TPSA) is 0 Å². The van der Waals surface area contributed by atoms with Crippen molar-refractivity contribution in [3.8, 4) is 0 Å². The molecule has 0 heterocycles. The average molecular weight is 300 g/mol. The van der Waals surface area contributed by atoms with Gasteiger partial charge in [-0.3, -0.25) is 0 Å². The van der Waals surface area contributed by atoms with Crippen LogP contribution < -0.4 is 0 Å². The second-order valence-electron chi connectivity index (χ2n) is 3.47. The summed E-state index contributed by atoms with van der Waals surface area (Å²) in [5.74, 6) is -0.223. The highest BCUT2D eigenvalue weighted by molar-refractivity contribution is 9.09. The van der Waals surface area contributed by atoms with E-state index >= 15 is 0 Å². The smallest absolute Gasteiger partial charge is 0.123 e. The van der Waals surface area contributed by atoms with Gasteiger partial charge < -0.3 is 0 Å². The number of hydrogen-bond acceptors (Lipinski definition) is 0. The first kappa shape index (κ1) is 11.6. The number of benzene rings is 2. The summed E-state index contributed by atoms with van der Waals surface area (Å²) in [4.78, 5) is 0.0605. The Hall–Kier alpha value is -0.860. The normalized spacial score (nSPS) is 12.4. The van der Waals surface area contributed by atoms with Crippen molar-refractivity contribution < 1.29 is 4.39 Å². The van der Waals surface area contributed by atoms with E-state index in [-0.39, 0.29) is 10.6 Å². The van der Waals surface area contributed by atoms with Gasteiger partial charge in [-0.15, -0.1) is 0 Å². The molecule has 0 N–H and O–H groups in total. The molecule has 0 radical (unpaired) electrons. The Morgan fingerprint density at radius 1 is 0.875 bits per heavy atom. The molecule has 0 saturated heterocycles. The lowest BCUT2D eigenvalue weighted by molar-refractivity contribution is 0.627. The zero-order valence-electron chi connectivity index (χ0n) is 8.33. The Morgan fingerprint density at radius 2 is 1.31 bits per heavy atom. The molecular formula is C13H9BrClF. The van der Waals surface area contributed by atoms with E-state index in [1.54, 1.807) is 12.1 Å². The Balaban J connectivity index is 2.28. The molecule has 16 heavy (non-hydrogen) atoms. The van der Waals surface area contributed by atoms with Gasteiger partial charge in [0.05, 0.1) is 4.83 Å². The number of hydrogen-bond donors (Lipinski definition) is 0. The first-order valence-corrected chi connectivity index (χ1v) is 6.11. The van der Waals surface area contributed by atoms with E-state index in [1.165, 1.54) is 12.1 Å². The summed E-state index contributed by atoms with van der Waals surface area (Å²) >= 11 is 9.40. The van der Waals surface area contributed by atoms with E-state index in [0.29, 0.717) is 5.02 Å². The molecule has 0 aliphatic carbocycles. The maximum Gasteiger partial charge on any atom is 0.123 e. The van der Waals surface area contributed by atoms with Gasteiger partial charge in [-0.05, 0) is 35.4 Å². The minimum Gasteiger partial charge on any atom is -0.207 e. The van der Waals surface area contributed by atoms with Crippen molar-refractivity contribution in [1.82, 2.24) is 0 Å². The predicted octanol–water partition coefficient (Wildman–Crippen LogP) is 4.96. The SMILES string of the molecule is Fc1ccc(C(Br)c2ccc(Cl)cc2)cc1. The van der Waals surface area contributed by atoms with Crippen LogP contribution in [0.5, 0.6) is 0 Å². The molecule has 0 fully saturated rings. The van der Waals surface area contributed by atoms with Crippen molar-refractivity contribution in [2.75, 3.05) is 0 Å². The lowest BCUT2D eigenvalue weighted by atomic mass is 10.1. The zero-order chi connectivity index (χ0) is 11.5. The first-order chi connectivity index (χ1) is 7.66. The van der Waals surface area contributed by atoms with E-state index in [9.17, 15) is 4.39 Å². The van der Waals surface area contributed by atoms with E-state index < -0.39 is 0 Å². The third-order valence-electron chi connectivity index (χ3n) is 2.33. The number of halogens is 3. The van der Waals surface area contributed by atoms with Crippen molar-refractivity contribution >= 4 is 27.5 Å². The van der Waals surface area contributed by atoms with Gasteiger partial charge in [-0.25, -0.2) is 4.39 Å². The largest absolute Gasteiger partial charge is 0.207 e. The summed E-state index contributed by atoms with van der Waals surface area (Å²) in [5, 5.41) is 0.711. The quantitative estimate of drug-likeness (QED) is 0.687. The molecule has 3 heteroatoms. The molecule has 82 valence electrons. The molecule has 2 rings (SSSR count). The second-order valence-corrected chi connectivity index (χ2v) is 4.82. The van der Waals surface area contributed by atoms with Crippen LogP contribution in [0, 0.1) is 5.82 Å². The lowest BCUT2D eigenvalue weighted by Crippen LogP contribution is -1.92.